The third-order valence-corrected chi connectivity index (χ3v) is 3.43. The zero-order valence-corrected chi connectivity index (χ0v) is 11.1. The summed E-state index contributed by atoms with van der Waals surface area (Å²) in [6, 6.07) is 3.90. The van der Waals surface area contributed by atoms with Crippen molar-refractivity contribution in [1.82, 2.24) is 20.1 Å². The van der Waals surface area contributed by atoms with Gasteiger partial charge in [0.2, 0.25) is 5.91 Å². The molecule has 0 aliphatic carbocycles. The van der Waals surface area contributed by atoms with Crippen molar-refractivity contribution >= 4 is 22.6 Å². The fraction of sp³-hybridized carbons (Fsp3) is 0.385. The molecule has 3 rings (SSSR count). The van der Waals surface area contributed by atoms with Crippen LogP contribution in [0.3, 0.4) is 0 Å². The Bertz CT molecular complexity index is 694. The normalized spacial score (nSPS) is 15.8. The molecular formula is C13H14N6O. The van der Waals surface area contributed by atoms with Crippen molar-refractivity contribution in [2.75, 3.05) is 25.0 Å². The summed E-state index contributed by atoms with van der Waals surface area (Å²) in [6.07, 6.45) is 1.73. The molecule has 0 spiro atoms. The summed E-state index contributed by atoms with van der Waals surface area (Å²) in [6.45, 7) is 3.63. The Morgan fingerprint density at radius 2 is 2.45 bits per heavy atom. The van der Waals surface area contributed by atoms with Gasteiger partial charge in [-0.3, -0.25) is 14.8 Å². The Kier molecular flexibility index (Phi) is 3.08. The Hall–Kier alpha value is -2.46. The van der Waals surface area contributed by atoms with Crippen LogP contribution < -0.4 is 5.32 Å². The molecule has 0 unspecified atom stereocenters. The molecule has 1 fully saturated rings. The largest absolute Gasteiger partial charge is 0.311 e. The van der Waals surface area contributed by atoms with Gasteiger partial charge in [0.1, 0.15) is 5.82 Å². The van der Waals surface area contributed by atoms with Crippen LogP contribution in [0.5, 0.6) is 0 Å². The van der Waals surface area contributed by atoms with Crippen LogP contribution in [0, 0.1) is 11.3 Å². The van der Waals surface area contributed by atoms with Gasteiger partial charge in [-0.05, 0) is 0 Å². The molecule has 0 atom stereocenters. The highest BCUT2D eigenvalue weighted by Gasteiger charge is 2.30. The average Bonchev–Trinajstić information content (AvgIpc) is 2.75. The molecule has 0 bridgehead atoms. The van der Waals surface area contributed by atoms with E-state index in [0.717, 1.165) is 29.7 Å². The number of nitrogens with zero attached hydrogens (tertiary/aromatic N) is 4. The van der Waals surface area contributed by atoms with E-state index in [-0.39, 0.29) is 5.91 Å². The summed E-state index contributed by atoms with van der Waals surface area (Å²) in [5.41, 5.74) is 1.84. The first-order valence-corrected chi connectivity index (χ1v) is 6.38. The fourth-order valence-electron chi connectivity index (χ4n) is 2.47. The highest BCUT2D eigenvalue weighted by atomic mass is 16.1. The van der Waals surface area contributed by atoms with Crippen molar-refractivity contribution in [1.29, 1.82) is 5.26 Å². The topological polar surface area (TPSA) is 97.7 Å². The molecule has 2 N–H and O–H groups in total. The molecule has 7 nitrogen and oxygen atoms in total. The number of fused-ring (bicyclic) bond motifs is 1. The van der Waals surface area contributed by atoms with Gasteiger partial charge in [0, 0.05) is 43.6 Å². The van der Waals surface area contributed by atoms with E-state index in [1.54, 1.807) is 12.3 Å². The monoisotopic (exact) mass is 270 g/mol. The molecule has 1 aliphatic heterocycles. The predicted molar refractivity (Wildman–Crippen MR) is 73.0 cm³/mol. The molecule has 102 valence electrons. The number of anilines is 1. The third-order valence-electron chi connectivity index (χ3n) is 3.43. The number of carbonyl (C=O) groups is 1. The maximum Gasteiger partial charge on any atom is 0.222 e. The average molecular weight is 270 g/mol. The van der Waals surface area contributed by atoms with Gasteiger partial charge in [0.25, 0.3) is 0 Å². The number of H-pyrrole nitrogens is 1. The van der Waals surface area contributed by atoms with Crippen LogP contribution in [0.1, 0.15) is 18.5 Å². The second-order valence-electron chi connectivity index (χ2n) is 4.95. The smallest absolute Gasteiger partial charge is 0.222 e. The van der Waals surface area contributed by atoms with Crippen LogP contribution in [0.15, 0.2) is 12.3 Å². The van der Waals surface area contributed by atoms with E-state index in [9.17, 15) is 4.79 Å². The number of nitriles is 1. The van der Waals surface area contributed by atoms with Crippen LogP contribution in [0.4, 0.5) is 5.82 Å². The molecule has 20 heavy (non-hydrogen) atoms. The number of rotatable bonds is 3. The lowest BCUT2D eigenvalue weighted by atomic mass is 9.94. The SMILES string of the molecule is CC(=O)Nc1cc2n[nH]c(C3CN(CC#N)C3)c2cn1. The summed E-state index contributed by atoms with van der Waals surface area (Å²) < 4.78 is 0. The first kappa shape index (κ1) is 12.6. The molecule has 2 aromatic rings. The number of carbonyl (C=O) groups excluding carboxylic acids is 1. The van der Waals surface area contributed by atoms with Crippen LogP contribution in [0.2, 0.25) is 0 Å². The minimum absolute atomic E-state index is 0.154. The Morgan fingerprint density at radius 1 is 1.65 bits per heavy atom. The molecule has 1 aliphatic rings. The van der Waals surface area contributed by atoms with E-state index >= 15 is 0 Å². The minimum Gasteiger partial charge on any atom is -0.311 e. The van der Waals surface area contributed by atoms with Gasteiger partial charge in [0.15, 0.2) is 0 Å². The molecule has 1 amide bonds. The van der Waals surface area contributed by atoms with E-state index < -0.39 is 0 Å². The van der Waals surface area contributed by atoms with E-state index in [1.807, 2.05) is 0 Å². The Labute approximate surface area is 115 Å². The molecular weight excluding hydrogens is 256 g/mol. The summed E-state index contributed by atoms with van der Waals surface area (Å²) >= 11 is 0. The molecule has 2 aromatic heterocycles. The number of likely N-dealkylation sites (tertiary alicyclic amines) is 1. The minimum atomic E-state index is -0.154. The van der Waals surface area contributed by atoms with E-state index in [2.05, 4.69) is 31.5 Å². The predicted octanol–water partition coefficient (Wildman–Crippen LogP) is 0.839. The van der Waals surface area contributed by atoms with Crippen LogP contribution in [-0.4, -0.2) is 45.6 Å². The van der Waals surface area contributed by atoms with Gasteiger partial charge in [-0.1, -0.05) is 0 Å². The molecule has 0 aromatic carbocycles. The maximum atomic E-state index is 11.0. The zero-order chi connectivity index (χ0) is 14.1. The summed E-state index contributed by atoms with van der Waals surface area (Å²) in [5.74, 6) is 0.711. The lowest BCUT2D eigenvalue weighted by molar-refractivity contribution is -0.114. The van der Waals surface area contributed by atoms with Gasteiger partial charge in [-0.25, -0.2) is 4.98 Å². The first-order chi connectivity index (χ1) is 9.67. The van der Waals surface area contributed by atoms with Crippen LogP contribution in [0.25, 0.3) is 10.9 Å². The van der Waals surface area contributed by atoms with Gasteiger partial charge >= 0.3 is 0 Å². The van der Waals surface area contributed by atoms with Crippen molar-refractivity contribution in [2.45, 2.75) is 12.8 Å². The van der Waals surface area contributed by atoms with Crippen molar-refractivity contribution in [3.63, 3.8) is 0 Å². The van der Waals surface area contributed by atoms with E-state index in [1.165, 1.54) is 6.92 Å². The second kappa shape index (κ2) is 4.90. The van der Waals surface area contributed by atoms with E-state index in [0.29, 0.717) is 18.3 Å². The first-order valence-electron chi connectivity index (χ1n) is 6.38. The zero-order valence-electron chi connectivity index (χ0n) is 11.1. The summed E-state index contributed by atoms with van der Waals surface area (Å²) in [4.78, 5) is 17.3. The molecule has 1 saturated heterocycles. The van der Waals surface area contributed by atoms with Crippen molar-refractivity contribution in [2.24, 2.45) is 0 Å². The highest BCUT2D eigenvalue weighted by molar-refractivity contribution is 5.90. The van der Waals surface area contributed by atoms with Gasteiger partial charge in [0.05, 0.1) is 23.8 Å². The van der Waals surface area contributed by atoms with Crippen molar-refractivity contribution in [3.05, 3.63) is 18.0 Å². The quantitative estimate of drug-likeness (QED) is 0.805. The number of nitrogens with one attached hydrogen (secondary N) is 2. The fourth-order valence-corrected chi connectivity index (χ4v) is 2.47. The van der Waals surface area contributed by atoms with E-state index in [4.69, 9.17) is 5.26 Å². The molecule has 3 heterocycles. The number of hydrogen-bond donors (Lipinski definition) is 2. The van der Waals surface area contributed by atoms with Crippen LogP contribution >= 0.6 is 0 Å². The highest BCUT2D eigenvalue weighted by Crippen LogP contribution is 2.30. The van der Waals surface area contributed by atoms with Crippen molar-refractivity contribution < 1.29 is 4.79 Å². The Morgan fingerprint density at radius 3 is 3.15 bits per heavy atom. The summed E-state index contributed by atoms with van der Waals surface area (Å²) in [7, 11) is 0. The number of amides is 1. The Balaban J connectivity index is 1.81. The van der Waals surface area contributed by atoms with Crippen LogP contribution in [-0.2, 0) is 4.79 Å². The van der Waals surface area contributed by atoms with Gasteiger partial charge < -0.3 is 5.32 Å². The molecule has 7 heteroatoms. The standard InChI is InChI=1S/C13H14N6O/c1-8(20)16-12-4-11-10(5-15-12)13(18-17-11)9-6-19(7-9)3-2-14/h4-5,9H,3,6-7H2,1H3,(H,17,18)(H,15,16,20). The number of pyridine rings is 1. The van der Waals surface area contributed by atoms with Gasteiger partial charge in [-0.2, -0.15) is 10.4 Å². The summed E-state index contributed by atoms with van der Waals surface area (Å²) in [5, 5.41) is 19.6. The lowest BCUT2D eigenvalue weighted by Gasteiger charge is -2.36. The van der Waals surface area contributed by atoms with Crippen molar-refractivity contribution in [3.8, 4) is 6.07 Å². The maximum absolute atomic E-state index is 11.0. The molecule has 0 saturated carbocycles. The number of aromatic nitrogens is 3. The molecule has 0 radical (unpaired) electrons. The second-order valence-corrected chi connectivity index (χ2v) is 4.95. The number of aromatic amines is 1. The van der Waals surface area contributed by atoms with Gasteiger partial charge in [-0.15, -0.1) is 0 Å². The third kappa shape index (κ3) is 2.21. The number of hydrogen-bond acceptors (Lipinski definition) is 5. The lowest BCUT2D eigenvalue weighted by Crippen LogP contribution is -2.45.